The topological polar surface area (TPSA) is 109 Å². The van der Waals surface area contributed by atoms with Crippen molar-refractivity contribution in [2.45, 2.75) is 6.61 Å². The number of phenols is 1. The predicted molar refractivity (Wildman–Crippen MR) is 130 cm³/mol. The average Bonchev–Trinajstić information content (AvgIpc) is 3.35. The molecule has 8 nitrogen and oxygen atoms in total. The van der Waals surface area contributed by atoms with E-state index in [2.05, 4.69) is 20.7 Å². The van der Waals surface area contributed by atoms with Crippen molar-refractivity contribution in [2.75, 3.05) is 7.11 Å². The molecule has 0 spiro atoms. The first kappa shape index (κ1) is 22.9. The lowest BCUT2D eigenvalue weighted by atomic mass is 10.1. The van der Waals surface area contributed by atoms with E-state index in [0.29, 0.717) is 34.4 Å². The number of aromatic hydroxyl groups is 1. The van der Waals surface area contributed by atoms with Gasteiger partial charge in [0.15, 0.2) is 11.5 Å². The van der Waals surface area contributed by atoms with E-state index in [1.165, 1.54) is 13.3 Å². The van der Waals surface area contributed by atoms with Crippen LogP contribution in [-0.4, -0.2) is 34.5 Å². The zero-order valence-electron chi connectivity index (χ0n) is 18.2. The maximum absolute atomic E-state index is 12.4. The maximum atomic E-state index is 12.4. The third-order valence-corrected chi connectivity index (χ3v) is 5.31. The van der Waals surface area contributed by atoms with Gasteiger partial charge in [-0.05, 0) is 48.5 Å². The minimum atomic E-state index is -0.475. The van der Waals surface area contributed by atoms with Crippen molar-refractivity contribution in [3.05, 3.63) is 94.6 Å². The van der Waals surface area contributed by atoms with Crippen molar-refractivity contribution < 1.29 is 19.4 Å². The number of hydrazone groups is 1. The third-order valence-electron chi connectivity index (χ3n) is 4.94. The number of rotatable bonds is 8. The molecule has 3 N–H and O–H groups in total. The highest BCUT2D eigenvalue weighted by Crippen LogP contribution is 2.28. The van der Waals surface area contributed by atoms with E-state index in [-0.39, 0.29) is 11.4 Å². The van der Waals surface area contributed by atoms with Crippen LogP contribution in [0.15, 0.2) is 77.9 Å². The van der Waals surface area contributed by atoms with E-state index in [4.69, 9.17) is 21.1 Å². The van der Waals surface area contributed by atoms with E-state index in [9.17, 15) is 9.90 Å². The lowest BCUT2D eigenvalue weighted by molar-refractivity contribution is 0.0950. The van der Waals surface area contributed by atoms with Crippen LogP contribution in [0.1, 0.15) is 21.6 Å². The molecular weight excluding hydrogens is 456 g/mol. The van der Waals surface area contributed by atoms with Crippen LogP contribution in [0.2, 0.25) is 5.02 Å². The molecule has 4 aromatic rings. The monoisotopic (exact) mass is 476 g/mol. The number of nitrogens with one attached hydrogen (secondary N) is 2. The number of hydrogen-bond donors (Lipinski definition) is 3. The first-order valence-corrected chi connectivity index (χ1v) is 10.6. The Kier molecular flexibility index (Phi) is 7.10. The lowest BCUT2D eigenvalue weighted by Gasteiger charge is -2.08. The Morgan fingerprint density at radius 3 is 2.71 bits per heavy atom. The molecule has 1 amide bonds. The Bertz CT molecular complexity index is 1320. The molecule has 0 saturated heterocycles. The number of benzene rings is 3. The highest BCUT2D eigenvalue weighted by Gasteiger charge is 2.11. The fourth-order valence-corrected chi connectivity index (χ4v) is 3.30. The molecule has 0 unspecified atom stereocenters. The lowest BCUT2D eigenvalue weighted by Crippen LogP contribution is -2.18. The molecule has 0 saturated carbocycles. The van der Waals surface area contributed by atoms with E-state index < -0.39 is 5.91 Å². The van der Waals surface area contributed by atoms with Crippen LogP contribution in [0, 0.1) is 0 Å². The summed E-state index contributed by atoms with van der Waals surface area (Å²) in [4.78, 5) is 12.4. The minimum Gasteiger partial charge on any atom is -0.504 e. The maximum Gasteiger partial charge on any atom is 0.289 e. The minimum absolute atomic E-state index is 0.0638. The van der Waals surface area contributed by atoms with Gasteiger partial charge in [0.05, 0.1) is 19.0 Å². The van der Waals surface area contributed by atoms with E-state index >= 15 is 0 Å². The summed E-state index contributed by atoms with van der Waals surface area (Å²) in [5, 5.41) is 21.5. The number of aromatic nitrogens is 2. The van der Waals surface area contributed by atoms with Crippen LogP contribution in [-0.2, 0) is 6.61 Å². The highest BCUT2D eigenvalue weighted by molar-refractivity contribution is 6.31. The van der Waals surface area contributed by atoms with Gasteiger partial charge in [0.25, 0.3) is 5.91 Å². The van der Waals surface area contributed by atoms with Crippen LogP contribution in [0.5, 0.6) is 17.2 Å². The molecule has 4 rings (SSSR count). The summed E-state index contributed by atoms with van der Waals surface area (Å²) in [5.74, 6) is 0.462. The number of nitrogens with zero attached hydrogens (tertiary/aromatic N) is 2. The Morgan fingerprint density at radius 2 is 1.94 bits per heavy atom. The fraction of sp³-hybridized carbons (Fsp3) is 0.0800. The number of H-pyrrole nitrogens is 1. The van der Waals surface area contributed by atoms with Gasteiger partial charge in [0, 0.05) is 21.7 Å². The number of carbonyl (C=O) groups is 1. The van der Waals surface area contributed by atoms with E-state index in [1.54, 1.807) is 24.3 Å². The van der Waals surface area contributed by atoms with Crippen LogP contribution in [0.3, 0.4) is 0 Å². The SMILES string of the molecule is COc1cccc(C=NNC(=O)c2cc(-c3ccc(OCc4ccccc4Cl)cc3)n[nH]2)c1O. The average molecular weight is 477 g/mol. The Balaban J connectivity index is 1.36. The second-order valence-electron chi connectivity index (χ2n) is 7.17. The van der Waals surface area contributed by atoms with Gasteiger partial charge in [-0.3, -0.25) is 9.89 Å². The smallest absolute Gasteiger partial charge is 0.289 e. The van der Waals surface area contributed by atoms with E-state index in [0.717, 1.165) is 11.1 Å². The van der Waals surface area contributed by atoms with E-state index in [1.807, 2.05) is 48.5 Å². The van der Waals surface area contributed by atoms with Gasteiger partial charge in [-0.15, -0.1) is 0 Å². The zero-order valence-corrected chi connectivity index (χ0v) is 18.9. The first-order valence-electron chi connectivity index (χ1n) is 10.3. The second-order valence-corrected chi connectivity index (χ2v) is 7.58. The molecule has 0 aliphatic rings. The van der Waals surface area contributed by atoms with Gasteiger partial charge in [-0.2, -0.15) is 10.2 Å². The number of aromatic amines is 1. The summed E-state index contributed by atoms with van der Waals surface area (Å²) in [6, 6.07) is 21.5. The molecule has 1 aromatic heterocycles. The quantitative estimate of drug-likeness (QED) is 0.250. The predicted octanol–water partition coefficient (Wildman–Crippen LogP) is 4.79. The molecule has 0 fully saturated rings. The first-order chi connectivity index (χ1) is 16.5. The summed E-state index contributed by atoms with van der Waals surface area (Å²) >= 11 is 6.16. The number of halogens is 1. The highest BCUT2D eigenvalue weighted by atomic mass is 35.5. The number of methoxy groups -OCH3 is 1. The Morgan fingerprint density at radius 1 is 1.15 bits per heavy atom. The zero-order chi connectivity index (χ0) is 23.9. The summed E-state index contributed by atoms with van der Waals surface area (Å²) in [7, 11) is 1.45. The molecule has 172 valence electrons. The van der Waals surface area contributed by atoms with Gasteiger partial charge >= 0.3 is 0 Å². The second kappa shape index (κ2) is 10.5. The Labute approximate surface area is 200 Å². The molecule has 0 atom stereocenters. The standard InChI is InChI=1S/C25H21ClN4O4/c1-33-23-8-4-6-17(24(23)31)14-27-30-25(32)22-13-21(28-29-22)16-9-11-19(12-10-16)34-15-18-5-2-3-7-20(18)26/h2-14,31H,15H2,1H3,(H,28,29)(H,30,32). The summed E-state index contributed by atoms with van der Waals surface area (Å²) in [6.45, 7) is 0.361. The molecule has 0 bridgehead atoms. The molecule has 0 aliphatic carbocycles. The number of amides is 1. The molecule has 34 heavy (non-hydrogen) atoms. The Hall–Kier alpha value is -4.30. The number of phenolic OH excluding ortho intramolecular Hbond substituents is 1. The van der Waals surface area contributed by atoms with Crippen molar-refractivity contribution in [1.29, 1.82) is 0 Å². The van der Waals surface area contributed by atoms with Crippen molar-refractivity contribution >= 4 is 23.7 Å². The largest absolute Gasteiger partial charge is 0.504 e. The van der Waals surface area contributed by atoms with Crippen LogP contribution >= 0.6 is 11.6 Å². The summed E-state index contributed by atoms with van der Waals surface area (Å²) in [5.41, 5.74) is 5.35. The van der Waals surface area contributed by atoms with Gasteiger partial charge in [-0.25, -0.2) is 5.43 Å². The molecule has 9 heteroatoms. The molecule has 0 aliphatic heterocycles. The van der Waals surface area contributed by atoms with Gasteiger partial charge in [0.1, 0.15) is 18.1 Å². The number of para-hydroxylation sites is 1. The van der Waals surface area contributed by atoms with Crippen molar-refractivity contribution in [3.63, 3.8) is 0 Å². The molecule has 3 aromatic carbocycles. The number of ether oxygens (including phenoxy) is 2. The molecule has 1 heterocycles. The normalized spacial score (nSPS) is 10.9. The number of hydrogen-bond acceptors (Lipinski definition) is 6. The van der Waals surface area contributed by atoms with Crippen molar-refractivity contribution in [1.82, 2.24) is 15.6 Å². The van der Waals surface area contributed by atoms with Gasteiger partial charge in [-0.1, -0.05) is 35.9 Å². The van der Waals surface area contributed by atoms with Gasteiger partial charge < -0.3 is 14.6 Å². The molecular formula is C25H21ClN4O4. The van der Waals surface area contributed by atoms with Crippen LogP contribution in [0.25, 0.3) is 11.3 Å². The van der Waals surface area contributed by atoms with Crippen LogP contribution < -0.4 is 14.9 Å². The fourth-order valence-electron chi connectivity index (χ4n) is 3.11. The summed E-state index contributed by atoms with van der Waals surface area (Å²) in [6.07, 6.45) is 1.33. The van der Waals surface area contributed by atoms with Gasteiger partial charge in [0.2, 0.25) is 0 Å². The third kappa shape index (κ3) is 5.36. The summed E-state index contributed by atoms with van der Waals surface area (Å²) < 4.78 is 10.8. The van der Waals surface area contributed by atoms with Crippen LogP contribution in [0.4, 0.5) is 0 Å². The number of carbonyl (C=O) groups excluding carboxylic acids is 1. The molecule has 0 radical (unpaired) electrons. The van der Waals surface area contributed by atoms with Crippen molar-refractivity contribution in [3.8, 4) is 28.5 Å². The van der Waals surface area contributed by atoms with Crippen molar-refractivity contribution in [2.24, 2.45) is 5.10 Å².